The molecule has 102 valence electrons. The van der Waals surface area contributed by atoms with Gasteiger partial charge in [-0.3, -0.25) is 4.79 Å². The normalized spacial score (nSPS) is 15.2. The molecule has 0 aliphatic carbocycles. The first-order valence-corrected chi connectivity index (χ1v) is 6.27. The van der Waals surface area contributed by atoms with Crippen molar-refractivity contribution in [2.75, 3.05) is 5.01 Å². The number of benzene rings is 1. The molecule has 2 aromatic rings. The van der Waals surface area contributed by atoms with Gasteiger partial charge in [0.15, 0.2) is 0 Å². The summed E-state index contributed by atoms with van der Waals surface area (Å²) in [5.41, 5.74) is 4.01. The van der Waals surface area contributed by atoms with Crippen molar-refractivity contribution < 1.29 is 4.79 Å². The molecule has 0 unspecified atom stereocenters. The van der Waals surface area contributed by atoms with Crippen LogP contribution in [0.5, 0.6) is 0 Å². The predicted molar refractivity (Wildman–Crippen MR) is 77.9 cm³/mol. The van der Waals surface area contributed by atoms with E-state index in [4.69, 9.17) is 0 Å². The Morgan fingerprint density at radius 2 is 1.85 bits per heavy atom. The number of rotatable bonds is 1. The van der Waals surface area contributed by atoms with Gasteiger partial charge in [-0.15, -0.1) is 0 Å². The molecule has 2 heterocycles. The molecule has 0 fully saturated rings. The van der Waals surface area contributed by atoms with E-state index in [0.717, 1.165) is 5.57 Å². The van der Waals surface area contributed by atoms with Gasteiger partial charge in [-0.2, -0.15) is 10.1 Å². The number of imidazole rings is 1. The summed E-state index contributed by atoms with van der Waals surface area (Å²) < 4.78 is 0. The van der Waals surface area contributed by atoms with E-state index in [1.807, 2.05) is 20.8 Å². The maximum Gasteiger partial charge on any atom is 0.323 e. The average Bonchev–Trinajstić information content (AvgIpc) is 2.87. The number of anilines is 1. The van der Waals surface area contributed by atoms with Crippen LogP contribution in [0.1, 0.15) is 20.8 Å². The second kappa shape index (κ2) is 4.19. The van der Waals surface area contributed by atoms with E-state index < -0.39 is 0 Å². The van der Waals surface area contributed by atoms with Crippen LogP contribution in [0.15, 0.2) is 39.2 Å². The van der Waals surface area contributed by atoms with Gasteiger partial charge in [-0.25, -0.2) is 4.79 Å². The number of aromatic nitrogens is 2. The van der Waals surface area contributed by atoms with Crippen LogP contribution in [0, 0.1) is 0 Å². The highest BCUT2D eigenvalue weighted by atomic mass is 16.2. The highest BCUT2D eigenvalue weighted by Gasteiger charge is 2.29. The van der Waals surface area contributed by atoms with E-state index in [1.54, 1.807) is 18.2 Å². The number of H-pyrrole nitrogens is 2. The first-order chi connectivity index (χ1) is 9.47. The van der Waals surface area contributed by atoms with Gasteiger partial charge in [0.2, 0.25) is 0 Å². The van der Waals surface area contributed by atoms with Gasteiger partial charge in [-0.1, -0.05) is 5.57 Å². The zero-order valence-electron chi connectivity index (χ0n) is 11.4. The Bertz CT molecular complexity index is 834. The monoisotopic (exact) mass is 270 g/mol. The zero-order valence-corrected chi connectivity index (χ0v) is 11.4. The van der Waals surface area contributed by atoms with Crippen molar-refractivity contribution in [2.24, 2.45) is 5.10 Å². The summed E-state index contributed by atoms with van der Waals surface area (Å²) in [6, 6.07) is 5.24. The molecule has 1 aliphatic rings. The van der Waals surface area contributed by atoms with Crippen LogP contribution in [0.3, 0.4) is 0 Å². The van der Waals surface area contributed by atoms with Crippen molar-refractivity contribution in [2.45, 2.75) is 20.8 Å². The molecule has 0 radical (unpaired) electrons. The Morgan fingerprint density at radius 3 is 2.50 bits per heavy atom. The van der Waals surface area contributed by atoms with Crippen molar-refractivity contribution in [3.05, 3.63) is 39.8 Å². The third-order valence-corrected chi connectivity index (χ3v) is 3.26. The van der Waals surface area contributed by atoms with Gasteiger partial charge in [-0.05, 0) is 39.0 Å². The lowest BCUT2D eigenvalue weighted by molar-refractivity contribution is -0.114. The van der Waals surface area contributed by atoms with Crippen molar-refractivity contribution in [1.29, 1.82) is 0 Å². The van der Waals surface area contributed by atoms with Gasteiger partial charge in [0.05, 0.1) is 28.0 Å². The zero-order chi connectivity index (χ0) is 14.4. The highest BCUT2D eigenvalue weighted by Crippen LogP contribution is 2.26. The summed E-state index contributed by atoms with van der Waals surface area (Å²) >= 11 is 0. The fraction of sp³-hybridized carbons (Fsp3) is 0.214. The minimum Gasteiger partial charge on any atom is -0.306 e. The number of carbonyl (C=O) groups excluding carboxylic acids is 1. The van der Waals surface area contributed by atoms with Crippen LogP contribution in [-0.2, 0) is 4.79 Å². The molecule has 0 atom stereocenters. The van der Waals surface area contributed by atoms with Crippen molar-refractivity contribution >= 4 is 28.3 Å². The van der Waals surface area contributed by atoms with Crippen LogP contribution in [0.2, 0.25) is 0 Å². The lowest BCUT2D eigenvalue weighted by Crippen LogP contribution is -2.21. The number of carbonyl (C=O) groups is 1. The van der Waals surface area contributed by atoms with Crippen LogP contribution < -0.4 is 10.7 Å². The molecule has 6 heteroatoms. The summed E-state index contributed by atoms with van der Waals surface area (Å²) in [4.78, 5) is 29.0. The van der Waals surface area contributed by atoms with Crippen molar-refractivity contribution in [1.82, 2.24) is 9.97 Å². The van der Waals surface area contributed by atoms with Crippen molar-refractivity contribution in [3.63, 3.8) is 0 Å². The van der Waals surface area contributed by atoms with E-state index in [1.165, 1.54) is 5.01 Å². The number of hydrazone groups is 1. The molecule has 1 aromatic carbocycles. The first-order valence-electron chi connectivity index (χ1n) is 6.27. The molecule has 1 aromatic heterocycles. The lowest BCUT2D eigenvalue weighted by Gasteiger charge is -2.11. The Balaban J connectivity index is 2.10. The summed E-state index contributed by atoms with van der Waals surface area (Å²) in [7, 11) is 0. The van der Waals surface area contributed by atoms with Gasteiger partial charge in [0, 0.05) is 0 Å². The van der Waals surface area contributed by atoms with Gasteiger partial charge < -0.3 is 9.97 Å². The van der Waals surface area contributed by atoms with E-state index in [9.17, 15) is 9.59 Å². The number of fused-ring (bicyclic) bond motifs is 1. The van der Waals surface area contributed by atoms with Crippen LogP contribution >= 0.6 is 0 Å². The molecule has 0 saturated heterocycles. The fourth-order valence-electron chi connectivity index (χ4n) is 2.41. The van der Waals surface area contributed by atoms with Gasteiger partial charge >= 0.3 is 5.69 Å². The molecule has 0 saturated carbocycles. The third-order valence-electron chi connectivity index (χ3n) is 3.26. The molecule has 0 spiro atoms. The standard InChI is InChI=1S/C14H14N4O2/c1-7(2)12-8(3)17-18(13(12)19)9-4-5-10-11(6-9)16-14(20)15-10/h4-6H,1-3H3,(H2,15,16,20). The summed E-state index contributed by atoms with van der Waals surface area (Å²) in [5.74, 6) is -0.139. The van der Waals surface area contributed by atoms with Crippen LogP contribution in [-0.4, -0.2) is 21.6 Å². The Kier molecular flexibility index (Phi) is 2.60. The number of amides is 1. The minimum absolute atomic E-state index is 0.139. The molecule has 0 bridgehead atoms. The summed E-state index contributed by atoms with van der Waals surface area (Å²) in [6.07, 6.45) is 0. The molecular weight excluding hydrogens is 256 g/mol. The second-order valence-electron chi connectivity index (χ2n) is 4.99. The van der Waals surface area contributed by atoms with Crippen LogP contribution in [0.25, 0.3) is 11.0 Å². The Labute approximate surface area is 114 Å². The number of nitrogens with zero attached hydrogens (tertiary/aromatic N) is 2. The number of aromatic amines is 2. The van der Waals surface area contributed by atoms with Crippen LogP contribution in [0.4, 0.5) is 5.69 Å². The minimum atomic E-state index is -0.269. The highest BCUT2D eigenvalue weighted by molar-refractivity contribution is 6.30. The number of hydrogen-bond acceptors (Lipinski definition) is 3. The maximum absolute atomic E-state index is 12.4. The third kappa shape index (κ3) is 1.77. The predicted octanol–water partition coefficient (Wildman–Crippen LogP) is 1.92. The molecule has 1 amide bonds. The average molecular weight is 270 g/mol. The van der Waals surface area contributed by atoms with E-state index in [0.29, 0.717) is 28.0 Å². The van der Waals surface area contributed by atoms with E-state index >= 15 is 0 Å². The number of nitrogens with one attached hydrogen (secondary N) is 2. The quantitative estimate of drug-likeness (QED) is 0.776. The Hall–Kier alpha value is -2.63. The van der Waals surface area contributed by atoms with E-state index in [2.05, 4.69) is 15.1 Å². The summed E-state index contributed by atoms with van der Waals surface area (Å²) in [6.45, 7) is 5.60. The maximum atomic E-state index is 12.4. The van der Waals surface area contributed by atoms with Crippen molar-refractivity contribution in [3.8, 4) is 0 Å². The molecule has 20 heavy (non-hydrogen) atoms. The molecular formula is C14H14N4O2. The van der Waals surface area contributed by atoms with Gasteiger partial charge in [0.1, 0.15) is 0 Å². The lowest BCUT2D eigenvalue weighted by atomic mass is 10.1. The topological polar surface area (TPSA) is 81.3 Å². The Morgan fingerprint density at radius 1 is 1.15 bits per heavy atom. The largest absolute Gasteiger partial charge is 0.323 e. The molecule has 3 rings (SSSR count). The van der Waals surface area contributed by atoms with Gasteiger partial charge in [0.25, 0.3) is 5.91 Å². The second-order valence-corrected chi connectivity index (χ2v) is 4.99. The first kappa shape index (κ1) is 12.4. The fourth-order valence-corrected chi connectivity index (χ4v) is 2.41. The van der Waals surface area contributed by atoms with E-state index in [-0.39, 0.29) is 11.6 Å². The smallest absolute Gasteiger partial charge is 0.306 e. The summed E-state index contributed by atoms with van der Waals surface area (Å²) in [5, 5.41) is 5.66. The molecule has 1 aliphatic heterocycles. The SMILES string of the molecule is CC1=NN(c2ccc3[nH]c(=O)[nH]c3c2)C(=O)C1=C(C)C. The number of hydrogen-bond donors (Lipinski definition) is 2. The molecule has 2 N–H and O–H groups in total. The molecule has 6 nitrogen and oxygen atoms in total. The number of allylic oxidation sites excluding steroid dienone is 1.